The first-order valence-electron chi connectivity index (χ1n) is 8.94. The zero-order valence-corrected chi connectivity index (χ0v) is 21.6. The minimum atomic E-state index is -3.96. The number of likely N-dealkylation sites (N-methyl/N-ethyl adjacent to an activating group) is 1. The Morgan fingerprint density at radius 2 is 1.83 bits per heavy atom. The Labute approximate surface area is 198 Å². The molecule has 0 N–H and O–H groups in total. The van der Waals surface area contributed by atoms with Crippen LogP contribution in [0.15, 0.2) is 44.2 Å². The summed E-state index contributed by atoms with van der Waals surface area (Å²) < 4.78 is 40.8. The van der Waals surface area contributed by atoms with Crippen LogP contribution in [0.25, 0.3) is 10.9 Å². The number of aromatic nitrogens is 1. The maximum absolute atomic E-state index is 13.7. The van der Waals surface area contributed by atoms with Crippen LogP contribution in [0.1, 0.15) is 5.69 Å². The first-order valence-corrected chi connectivity index (χ1v) is 12.3. The van der Waals surface area contributed by atoms with Gasteiger partial charge in [-0.05, 0) is 83.2 Å². The molecule has 0 saturated carbocycles. The predicted octanol–water partition coefficient (Wildman–Crippen LogP) is 5.31. The third-order valence-corrected chi connectivity index (χ3v) is 8.14. The molecule has 0 aliphatic carbocycles. The summed E-state index contributed by atoms with van der Waals surface area (Å²) in [7, 11) is 1.45. The Morgan fingerprint density at radius 3 is 2.43 bits per heavy atom. The number of methoxy groups -OCH3 is 1. The van der Waals surface area contributed by atoms with E-state index in [4.69, 9.17) is 21.1 Å². The van der Waals surface area contributed by atoms with Gasteiger partial charge in [-0.2, -0.15) is 0 Å². The third-order valence-electron chi connectivity index (χ3n) is 4.55. The second-order valence-corrected chi connectivity index (χ2v) is 10.8. The van der Waals surface area contributed by atoms with Crippen LogP contribution in [0.4, 0.5) is 0 Å². The third kappa shape index (κ3) is 4.36. The van der Waals surface area contributed by atoms with Gasteiger partial charge in [-0.15, -0.1) is 0 Å². The number of hydrogen-bond acceptors (Lipinski definition) is 5. The Bertz CT molecular complexity index is 1210. The van der Waals surface area contributed by atoms with Gasteiger partial charge < -0.3 is 14.4 Å². The zero-order chi connectivity index (χ0) is 22.2. The smallest absolute Gasteiger partial charge is 0.269 e. The maximum Gasteiger partial charge on any atom is 0.269 e. The van der Waals surface area contributed by atoms with Crippen LogP contribution in [0.5, 0.6) is 11.5 Å². The van der Waals surface area contributed by atoms with E-state index in [-0.39, 0.29) is 4.90 Å². The quantitative estimate of drug-likeness (QED) is 0.379. The molecule has 0 unspecified atom stereocenters. The van der Waals surface area contributed by atoms with E-state index in [1.54, 1.807) is 31.2 Å². The molecule has 1 heterocycles. The number of hydrogen-bond donors (Lipinski definition) is 0. The topological polar surface area (TPSA) is 60.8 Å². The normalized spacial score (nSPS) is 12.0. The van der Waals surface area contributed by atoms with Crippen LogP contribution in [0, 0.1) is 6.92 Å². The highest BCUT2D eigenvalue weighted by atomic mass is 79.9. The number of rotatable bonds is 7. The van der Waals surface area contributed by atoms with Crippen molar-refractivity contribution in [2.75, 3.05) is 34.4 Å². The average Bonchev–Trinajstić information content (AvgIpc) is 2.94. The van der Waals surface area contributed by atoms with E-state index in [0.717, 1.165) is 0 Å². The molecule has 6 nitrogen and oxygen atoms in total. The van der Waals surface area contributed by atoms with Crippen LogP contribution >= 0.6 is 43.5 Å². The van der Waals surface area contributed by atoms with Crippen LogP contribution in [0.3, 0.4) is 0 Å². The number of ether oxygens (including phenoxy) is 2. The van der Waals surface area contributed by atoms with Crippen LogP contribution in [-0.4, -0.2) is 51.6 Å². The molecule has 1 aromatic heterocycles. The molecule has 0 radical (unpaired) electrons. The first-order chi connectivity index (χ1) is 14.1. The van der Waals surface area contributed by atoms with Crippen LogP contribution in [-0.2, 0) is 10.0 Å². The Balaban J connectivity index is 2.26. The fourth-order valence-electron chi connectivity index (χ4n) is 3.13. The molecular weight excluding hydrogens is 560 g/mol. The van der Waals surface area contributed by atoms with Crippen molar-refractivity contribution in [3.8, 4) is 11.5 Å². The number of halogens is 3. The van der Waals surface area contributed by atoms with Gasteiger partial charge in [0.05, 0.1) is 18.3 Å². The predicted molar refractivity (Wildman–Crippen MR) is 127 cm³/mol. The summed E-state index contributed by atoms with van der Waals surface area (Å²) in [6.45, 7) is 2.81. The molecule has 3 rings (SSSR count). The van der Waals surface area contributed by atoms with Crippen molar-refractivity contribution in [2.24, 2.45) is 0 Å². The molecule has 0 atom stereocenters. The molecule has 0 aliphatic rings. The molecule has 3 aromatic rings. The van der Waals surface area contributed by atoms with Crippen molar-refractivity contribution in [3.05, 3.63) is 50.0 Å². The largest absolute Gasteiger partial charge is 0.497 e. The highest BCUT2D eigenvalue weighted by Crippen LogP contribution is 2.42. The van der Waals surface area contributed by atoms with Gasteiger partial charge in [-0.25, -0.2) is 12.4 Å². The lowest BCUT2D eigenvalue weighted by atomic mass is 10.2. The van der Waals surface area contributed by atoms with E-state index in [2.05, 4.69) is 31.9 Å². The molecule has 10 heteroatoms. The van der Waals surface area contributed by atoms with Gasteiger partial charge >= 0.3 is 0 Å². The second-order valence-electron chi connectivity index (χ2n) is 6.92. The fraction of sp³-hybridized carbons (Fsp3) is 0.300. The van der Waals surface area contributed by atoms with Crippen molar-refractivity contribution in [1.82, 2.24) is 8.87 Å². The first kappa shape index (κ1) is 23.4. The molecule has 162 valence electrons. The Morgan fingerprint density at radius 1 is 1.13 bits per heavy atom. The van der Waals surface area contributed by atoms with Crippen molar-refractivity contribution in [3.63, 3.8) is 0 Å². The van der Waals surface area contributed by atoms with Gasteiger partial charge in [-0.3, -0.25) is 0 Å². The summed E-state index contributed by atoms with van der Waals surface area (Å²) in [5, 5.41) is 1.10. The van der Waals surface area contributed by atoms with Crippen molar-refractivity contribution in [1.29, 1.82) is 0 Å². The maximum atomic E-state index is 13.7. The molecular formula is C20H21Br2ClN2O4S. The van der Waals surface area contributed by atoms with Gasteiger partial charge in [0, 0.05) is 25.9 Å². The summed E-state index contributed by atoms with van der Waals surface area (Å²) in [6, 6.07) is 8.13. The lowest BCUT2D eigenvalue weighted by Crippen LogP contribution is -2.20. The summed E-state index contributed by atoms with van der Waals surface area (Å²) in [4.78, 5) is 2.10. The SMILES string of the molecule is COc1ccc(S(=O)(=O)n2c(C)c(OCCN(C)C)c3cc(Cl)cc(Br)c32)c(Br)c1. The molecule has 2 aromatic carbocycles. The van der Waals surface area contributed by atoms with E-state index in [0.29, 0.717) is 55.2 Å². The van der Waals surface area contributed by atoms with Crippen LogP contribution < -0.4 is 9.47 Å². The van der Waals surface area contributed by atoms with Gasteiger partial charge in [0.2, 0.25) is 0 Å². The highest BCUT2D eigenvalue weighted by Gasteiger charge is 2.29. The lowest BCUT2D eigenvalue weighted by molar-refractivity contribution is 0.262. The van der Waals surface area contributed by atoms with Gasteiger partial charge in [0.15, 0.2) is 0 Å². The summed E-state index contributed by atoms with van der Waals surface area (Å²) in [6.07, 6.45) is 0. The van der Waals surface area contributed by atoms with E-state index in [9.17, 15) is 8.42 Å². The molecule has 0 aliphatic heterocycles. The second kappa shape index (κ2) is 9.08. The number of nitrogens with zero attached hydrogens (tertiary/aromatic N) is 2. The summed E-state index contributed by atoms with van der Waals surface area (Å²) >= 11 is 13.1. The molecule has 30 heavy (non-hydrogen) atoms. The number of fused-ring (bicyclic) bond motifs is 1. The summed E-state index contributed by atoms with van der Waals surface area (Å²) in [5.74, 6) is 1.04. The molecule has 0 fully saturated rings. The van der Waals surface area contributed by atoms with Crippen molar-refractivity contribution < 1.29 is 17.9 Å². The zero-order valence-electron chi connectivity index (χ0n) is 16.9. The average molecular weight is 581 g/mol. The van der Waals surface area contributed by atoms with Gasteiger partial charge in [0.25, 0.3) is 10.0 Å². The van der Waals surface area contributed by atoms with E-state index in [1.807, 2.05) is 19.0 Å². The van der Waals surface area contributed by atoms with Crippen molar-refractivity contribution >= 4 is 64.4 Å². The monoisotopic (exact) mass is 578 g/mol. The van der Waals surface area contributed by atoms with Gasteiger partial charge in [-0.1, -0.05) is 11.6 Å². The minimum absolute atomic E-state index is 0.116. The molecule has 0 spiro atoms. The molecule has 0 amide bonds. The standard InChI is InChI=1S/C20H21Br2ClN2O4S/c1-12-20(29-8-7-24(2)3)15-9-13(23)10-17(22)19(15)25(12)30(26,27)18-6-5-14(28-4)11-16(18)21/h5-6,9-11H,7-8H2,1-4H3. The van der Waals surface area contributed by atoms with Crippen molar-refractivity contribution in [2.45, 2.75) is 11.8 Å². The molecule has 0 saturated heterocycles. The van der Waals surface area contributed by atoms with Gasteiger partial charge in [0.1, 0.15) is 23.0 Å². The summed E-state index contributed by atoms with van der Waals surface area (Å²) in [5.41, 5.74) is 0.939. The molecule has 0 bridgehead atoms. The van der Waals surface area contributed by atoms with E-state index >= 15 is 0 Å². The van der Waals surface area contributed by atoms with Crippen LogP contribution in [0.2, 0.25) is 5.02 Å². The number of benzene rings is 2. The Kier molecular flexibility index (Phi) is 7.08. The highest BCUT2D eigenvalue weighted by molar-refractivity contribution is 9.11. The van der Waals surface area contributed by atoms with E-state index in [1.165, 1.54) is 17.1 Å². The lowest BCUT2D eigenvalue weighted by Gasteiger charge is -2.14. The Hall–Kier alpha value is -1.26. The fourth-order valence-corrected chi connectivity index (χ4v) is 6.83. The minimum Gasteiger partial charge on any atom is -0.497 e. The van der Waals surface area contributed by atoms with E-state index < -0.39 is 10.0 Å².